The molecule has 4 rings (SSSR count). The van der Waals surface area contributed by atoms with E-state index in [0.29, 0.717) is 5.71 Å². The Morgan fingerprint density at radius 2 is 1.61 bits per heavy atom. The number of benzene rings is 2. The van der Waals surface area contributed by atoms with Crippen LogP contribution in [0.1, 0.15) is 63.9 Å². The first-order valence-electron chi connectivity index (χ1n) is 11.3. The van der Waals surface area contributed by atoms with Crippen molar-refractivity contribution in [1.29, 1.82) is 0 Å². The smallest absolute Gasteiger partial charge is 0.222 e. The van der Waals surface area contributed by atoms with E-state index < -0.39 is 5.54 Å². The Labute approximate surface area is 184 Å². The molecule has 162 valence electrons. The Morgan fingerprint density at radius 3 is 2.23 bits per heavy atom. The molecule has 5 heteroatoms. The van der Waals surface area contributed by atoms with E-state index in [9.17, 15) is 9.59 Å². The second-order valence-electron chi connectivity index (χ2n) is 8.97. The third kappa shape index (κ3) is 4.41. The second-order valence-corrected chi connectivity index (χ2v) is 8.97. The number of carbonyl (C=O) groups excluding carboxylic acids is 2. The summed E-state index contributed by atoms with van der Waals surface area (Å²) in [6.07, 6.45) is 5.94. The summed E-state index contributed by atoms with van der Waals surface area (Å²) in [5, 5.41) is 9.94. The molecule has 0 saturated heterocycles. The first-order chi connectivity index (χ1) is 15.0. The van der Waals surface area contributed by atoms with Crippen molar-refractivity contribution in [3.8, 4) is 0 Å². The van der Waals surface area contributed by atoms with Crippen LogP contribution in [0, 0.1) is 0 Å². The van der Waals surface area contributed by atoms with E-state index in [4.69, 9.17) is 5.10 Å². The number of nitrogens with zero attached hydrogens (tertiary/aromatic N) is 2. The summed E-state index contributed by atoms with van der Waals surface area (Å²) in [7, 11) is 0. The van der Waals surface area contributed by atoms with Gasteiger partial charge in [0.2, 0.25) is 5.91 Å². The van der Waals surface area contributed by atoms with Crippen LogP contribution in [0.2, 0.25) is 0 Å². The highest BCUT2D eigenvalue weighted by molar-refractivity contribution is 6.42. The summed E-state index contributed by atoms with van der Waals surface area (Å²) in [6, 6.07) is 20.0. The Kier molecular flexibility index (Phi) is 6.21. The number of amides is 1. The molecule has 1 fully saturated rings. The minimum atomic E-state index is -0.692. The summed E-state index contributed by atoms with van der Waals surface area (Å²) >= 11 is 0. The van der Waals surface area contributed by atoms with Crippen LogP contribution < -0.4 is 10.3 Å². The Hall–Kier alpha value is -2.95. The van der Waals surface area contributed by atoms with Crippen LogP contribution in [0.4, 0.5) is 5.69 Å². The van der Waals surface area contributed by atoms with Crippen molar-refractivity contribution in [2.24, 2.45) is 5.10 Å². The molecule has 1 amide bonds. The summed E-state index contributed by atoms with van der Waals surface area (Å²) in [6.45, 7) is 3.61. The zero-order valence-corrected chi connectivity index (χ0v) is 18.4. The van der Waals surface area contributed by atoms with E-state index in [1.165, 1.54) is 19.3 Å². The summed E-state index contributed by atoms with van der Waals surface area (Å²) in [5.74, 6) is -0.328. The van der Waals surface area contributed by atoms with E-state index in [0.717, 1.165) is 24.1 Å². The van der Waals surface area contributed by atoms with Gasteiger partial charge in [-0.1, -0.05) is 67.8 Å². The van der Waals surface area contributed by atoms with E-state index in [1.807, 2.05) is 65.7 Å². The number of hydrogen-bond acceptors (Lipinski definition) is 4. The molecule has 1 heterocycles. The van der Waals surface area contributed by atoms with Crippen molar-refractivity contribution in [2.45, 2.75) is 69.9 Å². The summed E-state index contributed by atoms with van der Waals surface area (Å²) in [5.41, 5.74) is 1.70. The van der Waals surface area contributed by atoms with Crippen LogP contribution in [0.3, 0.4) is 0 Å². The Bertz CT molecular complexity index is 951. The maximum atomic E-state index is 13.2. The lowest BCUT2D eigenvalue weighted by molar-refractivity contribution is -0.123. The molecule has 1 aliphatic carbocycles. The predicted octanol–water partition coefficient (Wildman–Crippen LogP) is 4.83. The van der Waals surface area contributed by atoms with Crippen LogP contribution in [-0.4, -0.2) is 29.0 Å². The van der Waals surface area contributed by atoms with Crippen molar-refractivity contribution in [1.82, 2.24) is 5.32 Å². The van der Waals surface area contributed by atoms with Gasteiger partial charge in [0.1, 0.15) is 5.71 Å². The molecule has 5 nitrogen and oxygen atoms in total. The summed E-state index contributed by atoms with van der Waals surface area (Å²) < 4.78 is 0. The highest BCUT2D eigenvalue weighted by atomic mass is 16.2. The lowest BCUT2D eigenvalue weighted by Crippen LogP contribution is -2.50. The van der Waals surface area contributed by atoms with Gasteiger partial charge in [-0.15, -0.1) is 0 Å². The van der Waals surface area contributed by atoms with Gasteiger partial charge in [-0.05, 0) is 37.5 Å². The van der Waals surface area contributed by atoms with Crippen LogP contribution in [0.15, 0.2) is 65.8 Å². The van der Waals surface area contributed by atoms with E-state index in [2.05, 4.69) is 12.2 Å². The second kappa shape index (κ2) is 9.04. The zero-order chi connectivity index (χ0) is 21.8. The Morgan fingerprint density at radius 1 is 1.00 bits per heavy atom. The van der Waals surface area contributed by atoms with E-state index in [1.54, 1.807) is 6.92 Å². The minimum Gasteiger partial charge on any atom is -0.353 e. The van der Waals surface area contributed by atoms with Gasteiger partial charge >= 0.3 is 0 Å². The van der Waals surface area contributed by atoms with Gasteiger partial charge in [-0.3, -0.25) is 14.6 Å². The summed E-state index contributed by atoms with van der Waals surface area (Å²) in [4.78, 5) is 25.9. The van der Waals surface area contributed by atoms with Gasteiger partial charge in [-0.25, -0.2) is 0 Å². The quantitative estimate of drug-likeness (QED) is 0.732. The molecular formula is C26H31N3O2. The lowest BCUT2D eigenvalue weighted by Gasteiger charge is -2.39. The van der Waals surface area contributed by atoms with E-state index >= 15 is 0 Å². The fourth-order valence-corrected chi connectivity index (χ4v) is 5.08. The number of ketones is 1. The normalized spacial score (nSPS) is 24.0. The van der Waals surface area contributed by atoms with Crippen molar-refractivity contribution in [2.75, 3.05) is 5.01 Å². The van der Waals surface area contributed by atoms with Crippen molar-refractivity contribution in [3.63, 3.8) is 0 Å². The maximum Gasteiger partial charge on any atom is 0.222 e. The number of para-hydroxylation sites is 1. The van der Waals surface area contributed by atoms with Gasteiger partial charge in [0.15, 0.2) is 5.78 Å². The molecular weight excluding hydrogens is 386 g/mol. The van der Waals surface area contributed by atoms with Crippen LogP contribution in [0.25, 0.3) is 0 Å². The first-order valence-corrected chi connectivity index (χ1v) is 11.3. The van der Waals surface area contributed by atoms with Crippen LogP contribution in [-0.2, 0) is 9.59 Å². The van der Waals surface area contributed by atoms with Gasteiger partial charge in [0.25, 0.3) is 0 Å². The van der Waals surface area contributed by atoms with Gasteiger partial charge in [-0.2, -0.15) is 5.10 Å². The van der Waals surface area contributed by atoms with Gasteiger partial charge in [0.05, 0.1) is 23.6 Å². The molecule has 0 unspecified atom stereocenters. The number of anilines is 1. The zero-order valence-electron chi connectivity index (χ0n) is 18.4. The monoisotopic (exact) mass is 417 g/mol. The van der Waals surface area contributed by atoms with Crippen LogP contribution >= 0.6 is 0 Å². The molecule has 1 aliphatic heterocycles. The fraction of sp³-hybridized carbons (Fsp3) is 0.423. The molecule has 1 saturated carbocycles. The van der Waals surface area contributed by atoms with E-state index in [-0.39, 0.29) is 30.1 Å². The SMILES string of the molecule is CC(=O)C1=NN(c2ccccc2)[C@@](C)(CC(=O)NC2CCCCC2)[C@@H]1c1ccccc1. The van der Waals surface area contributed by atoms with Crippen molar-refractivity contribution >= 4 is 23.1 Å². The number of rotatable bonds is 6. The molecule has 0 bridgehead atoms. The van der Waals surface area contributed by atoms with Crippen molar-refractivity contribution < 1.29 is 9.59 Å². The number of hydrazone groups is 1. The number of nitrogens with one attached hydrogen (secondary N) is 1. The average molecular weight is 418 g/mol. The third-order valence-corrected chi connectivity index (χ3v) is 6.57. The number of carbonyl (C=O) groups is 2. The molecule has 1 N–H and O–H groups in total. The van der Waals surface area contributed by atoms with Gasteiger partial charge in [0, 0.05) is 13.0 Å². The standard InChI is InChI=1S/C26H31N3O2/c1-19(30)25-24(20-12-6-3-7-13-20)26(2,29(28-25)22-16-10-5-11-17-22)18-23(31)27-21-14-8-4-9-15-21/h3,5-7,10-13,16-17,21,24H,4,8-9,14-15,18H2,1-2H3,(H,27,31)/t24-,26+/m1/s1. The third-order valence-electron chi connectivity index (χ3n) is 6.57. The average Bonchev–Trinajstić information content (AvgIpc) is 3.08. The molecule has 2 aromatic carbocycles. The largest absolute Gasteiger partial charge is 0.353 e. The predicted molar refractivity (Wildman–Crippen MR) is 124 cm³/mol. The fourth-order valence-electron chi connectivity index (χ4n) is 5.08. The van der Waals surface area contributed by atoms with Crippen molar-refractivity contribution in [3.05, 3.63) is 66.2 Å². The molecule has 0 aromatic heterocycles. The molecule has 0 spiro atoms. The Balaban J connectivity index is 1.71. The minimum absolute atomic E-state index is 0.0243. The topological polar surface area (TPSA) is 61.8 Å². The highest BCUT2D eigenvalue weighted by Gasteiger charge is 2.51. The first kappa shape index (κ1) is 21.3. The molecule has 2 aromatic rings. The maximum absolute atomic E-state index is 13.2. The van der Waals surface area contributed by atoms with Crippen LogP contribution in [0.5, 0.6) is 0 Å². The number of Topliss-reactive ketones (excluding diaryl/α,β-unsaturated/α-hetero) is 1. The molecule has 2 aliphatic rings. The molecule has 2 atom stereocenters. The van der Waals surface area contributed by atoms with Gasteiger partial charge < -0.3 is 5.32 Å². The lowest BCUT2D eigenvalue weighted by atomic mass is 9.75. The molecule has 0 radical (unpaired) electrons. The molecule has 31 heavy (non-hydrogen) atoms. The number of hydrogen-bond donors (Lipinski definition) is 1. The highest BCUT2D eigenvalue weighted by Crippen LogP contribution is 2.45.